The molecule has 6 fully saturated rings. The molecule has 7 aliphatic rings. The highest BCUT2D eigenvalue weighted by Crippen LogP contribution is 2.73. The number of benzene rings is 1. The minimum absolute atomic E-state index is 0.0425. The summed E-state index contributed by atoms with van der Waals surface area (Å²) >= 11 is 0. The number of carbonyl (C=O) groups excluding carboxylic acids is 4. The molecule has 9 nitrogen and oxygen atoms in total. The van der Waals surface area contributed by atoms with Crippen LogP contribution in [-0.4, -0.2) is 64.7 Å². The minimum atomic E-state index is -0.651. The standard InChI is InChI=1S/C33H44N4O5/c1-30-14-21-15-31(2,18-30)20-32(16-21,19-30)33(29(34)41)10-4-11-36(33)12-5-13-42-25-7-3-6-22-23(25)17-37(28(22)40)24-8-9-26(38)35-27(24)39/h3,6-7,21,24H,4-5,8-20H2,1-2H3,(H2,34,41)(H,35,38,39)/t21?,24?,30-,31+,32?,33?. The normalized spacial score (nSPS) is 39.1. The average Bonchev–Trinajstić information content (AvgIpc) is 3.48. The second kappa shape index (κ2) is 9.53. The third kappa shape index (κ3) is 4.13. The van der Waals surface area contributed by atoms with Crippen LogP contribution < -0.4 is 15.8 Å². The zero-order valence-electron chi connectivity index (χ0n) is 25.0. The van der Waals surface area contributed by atoms with E-state index in [-0.39, 0.29) is 36.1 Å². The van der Waals surface area contributed by atoms with E-state index >= 15 is 0 Å². The monoisotopic (exact) mass is 576 g/mol. The maximum atomic E-state index is 13.5. The number of hydrogen-bond donors (Lipinski definition) is 2. The van der Waals surface area contributed by atoms with Crippen LogP contribution in [0.5, 0.6) is 5.75 Å². The van der Waals surface area contributed by atoms with Crippen LogP contribution in [0.3, 0.4) is 0 Å². The zero-order chi connectivity index (χ0) is 29.5. The first-order valence-electron chi connectivity index (χ1n) is 15.9. The summed E-state index contributed by atoms with van der Waals surface area (Å²) in [6.07, 6.45) is 10.3. The molecule has 0 aromatic heterocycles. The average molecular weight is 577 g/mol. The maximum absolute atomic E-state index is 13.5. The molecule has 2 saturated heterocycles. The van der Waals surface area contributed by atoms with Gasteiger partial charge in [-0.25, -0.2) is 0 Å². The number of carbonyl (C=O) groups is 4. The largest absolute Gasteiger partial charge is 0.493 e. The summed E-state index contributed by atoms with van der Waals surface area (Å²) in [5.74, 6) is 0.296. The first kappa shape index (κ1) is 27.9. The molecule has 4 saturated carbocycles. The predicted octanol–water partition coefficient (Wildman–Crippen LogP) is 3.53. The number of nitrogens with one attached hydrogen (secondary N) is 1. The molecule has 9 heteroatoms. The van der Waals surface area contributed by atoms with Crippen molar-refractivity contribution in [1.29, 1.82) is 0 Å². The first-order valence-corrected chi connectivity index (χ1v) is 15.9. The topological polar surface area (TPSA) is 122 Å². The lowest BCUT2D eigenvalue weighted by Gasteiger charge is -2.70. The van der Waals surface area contributed by atoms with Crippen LogP contribution in [0.25, 0.3) is 0 Å². The van der Waals surface area contributed by atoms with Crippen LogP contribution in [0.2, 0.25) is 0 Å². The Morgan fingerprint density at radius 2 is 1.86 bits per heavy atom. The fourth-order valence-electron chi connectivity index (χ4n) is 11.4. The zero-order valence-corrected chi connectivity index (χ0v) is 25.0. The molecule has 4 bridgehead atoms. The first-order chi connectivity index (χ1) is 20.0. The summed E-state index contributed by atoms with van der Waals surface area (Å²) < 4.78 is 6.27. The SMILES string of the molecule is C[C@]12CC3CC(C4(C(N)=O)CCCN4CCCOc4cccc5c4CN(C4CCC(=O)NC4=O)C5=O)(C1)C[C@@](C)(C3)C2. The van der Waals surface area contributed by atoms with Crippen molar-refractivity contribution in [3.63, 3.8) is 0 Å². The van der Waals surface area contributed by atoms with E-state index in [0.29, 0.717) is 41.1 Å². The summed E-state index contributed by atoms with van der Waals surface area (Å²) in [7, 11) is 0. The lowest BCUT2D eigenvalue weighted by Crippen LogP contribution is -2.71. The molecule has 1 aromatic rings. The van der Waals surface area contributed by atoms with Gasteiger partial charge >= 0.3 is 0 Å². The second-order valence-corrected chi connectivity index (χ2v) is 15.1. The van der Waals surface area contributed by atoms with Crippen LogP contribution >= 0.6 is 0 Å². The van der Waals surface area contributed by atoms with E-state index in [4.69, 9.17) is 10.5 Å². The number of piperidine rings is 1. The van der Waals surface area contributed by atoms with Crippen LogP contribution in [-0.2, 0) is 20.9 Å². The molecular formula is C33H44N4O5. The van der Waals surface area contributed by atoms with E-state index in [1.807, 2.05) is 12.1 Å². The molecule has 6 atom stereocenters. The Balaban J connectivity index is 1.04. The van der Waals surface area contributed by atoms with Crippen molar-refractivity contribution in [2.75, 3.05) is 19.7 Å². The number of nitrogens with zero attached hydrogens (tertiary/aromatic N) is 2. The van der Waals surface area contributed by atoms with Crippen LogP contribution in [0.4, 0.5) is 0 Å². The van der Waals surface area contributed by atoms with Crippen molar-refractivity contribution in [2.45, 2.75) is 103 Å². The quantitative estimate of drug-likeness (QED) is 0.361. The number of likely N-dealkylation sites (tertiary alicyclic amines) is 1. The van der Waals surface area contributed by atoms with E-state index in [1.165, 1.54) is 19.3 Å². The van der Waals surface area contributed by atoms with Crippen molar-refractivity contribution in [3.8, 4) is 5.75 Å². The van der Waals surface area contributed by atoms with Gasteiger partial charge in [0, 0.05) is 24.1 Å². The maximum Gasteiger partial charge on any atom is 0.255 e. The molecule has 3 aliphatic heterocycles. The molecule has 8 rings (SSSR count). The van der Waals surface area contributed by atoms with Gasteiger partial charge < -0.3 is 15.4 Å². The van der Waals surface area contributed by atoms with E-state index in [9.17, 15) is 19.2 Å². The number of amides is 4. The van der Waals surface area contributed by atoms with Gasteiger partial charge in [0.2, 0.25) is 17.7 Å². The molecule has 4 unspecified atom stereocenters. The lowest BCUT2D eigenvalue weighted by atomic mass is 9.36. The van der Waals surface area contributed by atoms with Crippen LogP contribution in [0, 0.1) is 22.2 Å². The molecular weight excluding hydrogens is 532 g/mol. The lowest BCUT2D eigenvalue weighted by molar-refractivity contribution is -0.199. The predicted molar refractivity (Wildman–Crippen MR) is 155 cm³/mol. The molecule has 0 spiro atoms. The van der Waals surface area contributed by atoms with Gasteiger partial charge in [-0.2, -0.15) is 0 Å². The summed E-state index contributed by atoms with van der Waals surface area (Å²) in [5, 5.41) is 2.36. The molecule has 0 radical (unpaired) electrons. The van der Waals surface area contributed by atoms with Gasteiger partial charge in [0.1, 0.15) is 17.3 Å². The van der Waals surface area contributed by atoms with Crippen molar-refractivity contribution < 1.29 is 23.9 Å². The highest BCUT2D eigenvalue weighted by molar-refractivity contribution is 6.05. The Hall–Kier alpha value is -2.94. The van der Waals surface area contributed by atoms with E-state index in [0.717, 1.165) is 57.2 Å². The number of nitrogens with two attached hydrogens (primary N) is 1. The Labute approximate surface area is 247 Å². The van der Waals surface area contributed by atoms with Crippen LogP contribution in [0.1, 0.15) is 100 Å². The third-order valence-corrected chi connectivity index (χ3v) is 11.8. The summed E-state index contributed by atoms with van der Waals surface area (Å²) in [6.45, 7) is 7.29. The molecule has 4 amide bonds. The van der Waals surface area contributed by atoms with E-state index < -0.39 is 17.5 Å². The van der Waals surface area contributed by atoms with Crippen molar-refractivity contribution >= 4 is 23.6 Å². The summed E-state index contributed by atoms with van der Waals surface area (Å²) in [6, 6.07) is 4.81. The van der Waals surface area contributed by atoms with E-state index in [1.54, 1.807) is 11.0 Å². The molecule has 3 N–H and O–H groups in total. The van der Waals surface area contributed by atoms with Gasteiger partial charge in [-0.3, -0.25) is 29.4 Å². The molecule has 42 heavy (non-hydrogen) atoms. The fourth-order valence-corrected chi connectivity index (χ4v) is 11.4. The summed E-state index contributed by atoms with van der Waals surface area (Å²) in [4.78, 5) is 54.7. The second-order valence-electron chi connectivity index (χ2n) is 15.1. The van der Waals surface area contributed by atoms with Gasteiger partial charge in [-0.1, -0.05) is 19.9 Å². The molecule has 226 valence electrons. The minimum Gasteiger partial charge on any atom is -0.493 e. The molecule has 3 heterocycles. The number of ether oxygens (including phenoxy) is 1. The Morgan fingerprint density at radius 1 is 1.10 bits per heavy atom. The van der Waals surface area contributed by atoms with Crippen molar-refractivity contribution in [2.24, 2.45) is 27.9 Å². The highest BCUT2D eigenvalue weighted by Gasteiger charge is 2.70. The smallest absolute Gasteiger partial charge is 0.255 e. The Bertz CT molecular complexity index is 1340. The summed E-state index contributed by atoms with van der Waals surface area (Å²) in [5.41, 5.74) is 7.72. The van der Waals surface area contributed by atoms with Crippen LogP contribution in [0.15, 0.2) is 18.2 Å². The van der Waals surface area contributed by atoms with Gasteiger partial charge in [0.05, 0.1) is 13.2 Å². The fraction of sp³-hybridized carbons (Fsp3) is 0.697. The number of primary amides is 1. The van der Waals surface area contributed by atoms with E-state index in [2.05, 4.69) is 24.1 Å². The van der Waals surface area contributed by atoms with Gasteiger partial charge in [-0.15, -0.1) is 0 Å². The number of rotatable bonds is 8. The Morgan fingerprint density at radius 3 is 2.55 bits per heavy atom. The number of imide groups is 1. The number of fused-ring (bicyclic) bond motifs is 1. The van der Waals surface area contributed by atoms with Crippen molar-refractivity contribution in [1.82, 2.24) is 15.1 Å². The number of hydrogen-bond acceptors (Lipinski definition) is 6. The van der Waals surface area contributed by atoms with Gasteiger partial charge in [-0.05, 0) is 105 Å². The third-order valence-electron chi connectivity index (χ3n) is 11.8. The molecule has 1 aromatic carbocycles. The highest BCUT2D eigenvalue weighted by atomic mass is 16.5. The van der Waals surface area contributed by atoms with Gasteiger partial charge in [0.25, 0.3) is 5.91 Å². The molecule has 4 aliphatic carbocycles. The Kier molecular flexibility index (Phi) is 6.32. The van der Waals surface area contributed by atoms with Crippen molar-refractivity contribution in [3.05, 3.63) is 29.3 Å². The van der Waals surface area contributed by atoms with Gasteiger partial charge in [0.15, 0.2) is 0 Å².